The first kappa shape index (κ1) is 39.3. The van der Waals surface area contributed by atoms with Crippen LogP contribution >= 0.6 is 15.9 Å². The van der Waals surface area contributed by atoms with Gasteiger partial charge in [0.15, 0.2) is 0 Å². The first-order valence-electron chi connectivity index (χ1n) is 17.0. The van der Waals surface area contributed by atoms with Gasteiger partial charge >= 0.3 is 6.18 Å². The fourth-order valence-electron chi connectivity index (χ4n) is 6.24. The van der Waals surface area contributed by atoms with Crippen LogP contribution < -0.4 is 25.4 Å². The van der Waals surface area contributed by atoms with Crippen LogP contribution in [0.5, 0.6) is 11.5 Å². The largest absolute Gasteiger partial charge is 0.496 e. The Kier molecular flexibility index (Phi) is 13.1. The summed E-state index contributed by atoms with van der Waals surface area (Å²) in [6.07, 6.45) is -1.53. The summed E-state index contributed by atoms with van der Waals surface area (Å²) in [4.78, 5) is 37.5. The van der Waals surface area contributed by atoms with Crippen molar-refractivity contribution in [2.24, 2.45) is 0 Å². The van der Waals surface area contributed by atoms with Crippen LogP contribution in [0.4, 0.5) is 24.5 Å². The Morgan fingerprint density at radius 2 is 1.58 bits per heavy atom. The standard InChI is InChI=1S/C20H23BrN2O3.C19H17F3N2O3/c1-2-26-19-6-4-14(11-17(19)21)20(25)23-15-5-3-13-7-9-22-18(8-10-24)16(13)12-15;1-27-17-5-3-13(9-16(17)19(20,21)22)18(26)23-15-4-2-12-6-7-24(11-25)10-14(12)8-15/h3-6,11-12,18,22,24H,2,7-10H2,1H3,(H,23,25);2-5,8-9,11H,6-7,10H2,1H3,(H,23,26). The molecule has 280 valence electrons. The second-order valence-electron chi connectivity index (χ2n) is 12.4. The molecule has 0 bridgehead atoms. The third-order valence-corrected chi connectivity index (χ3v) is 9.52. The number of halogens is 4. The minimum Gasteiger partial charge on any atom is -0.496 e. The molecular formula is C39H40BrF3N4O6. The van der Waals surface area contributed by atoms with Gasteiger partial charge in [-0.3, -0.25) is 14.4 Å². The lowest BCUT2D eigenvalue weighted by atomic mass is 9.92. The van der Waals surface area contributed by atoms with Crippen molar-refractivity contribution in [1.82, 2.24) is 10.2 Å². The number of carbonyl (C=O) groups excluding carboxylic acids is 3. The maximum atomic E-state index is 13.1. The van der Waals surface area contributed by atoms with Crippen LogP contribution in [0.25, 0.3) is 0 Å². The molecule has 4 aromatic rings. The number of nitrogens with one attached hydrogen (secondary N) is 3. The predicted octanol–water partition coefficient (Wildman–Crippen LogP) is 7.15. The van der Waals surface area contributed by atoms with E-state index in [1.807, 2.05) is 25.1 Å². The van der Waals surface area contributed by atoms with Gasteiger partial charge in [-0.1, -0.05) is 12.1 Å². The molecule has 0 fully saturated rings. The zero-order chi connectivity index (χ0) is 38.1. The van der Waals surface area contributed by atoms with E-state index < -0.39 is 17.6 Å². The van der Waals surface area contributed by atoms with Crippen LogP contribution in [0.2, 0.25) is 0 Å². The molecule has 53 heavy (non-hydrogen) atoms. The monoisotopic (exact) mass is 796 g/mol. The molecule has 1 unspecified atom stereocenters. The highest BCUT2D eigenvalue weighted by Gasteiger charge is 2.35. The van der Waals surface area contributed by atoms with E-state index in [2.05, 4.69) is 37.9 Å². The number of ether oxygens (including phenoxy) is 2. The Labute approximate surface area is 313 Å². The number of methoxy groups -OCH3 is 1. The zero-order valence-corrected chi connectivity index (χ0v) is 30.8. The van der Waals surface area contributed by atoms with Crippen molar-refractivity contribution in [1.29, 1.82) is 0 Å². The van der Waals surface area contributed by atoms with Gasteiger partial charge in [0, 0.05) is 48.2 Å². The lowest BCUT2D eigenvalue weighted by molar-refractivity contribution is -0.138. The average Bonchev–Trinajstić information content (AvgIpc) is 3.15. The Bertz CT molecular complexity index is 1960. The molecule has 0 radical (unpaired) electrons. The number of anilines is 2. The van der Waals surface area contributed by atoms with Gasteiger partial charge in [-0.2, -0.15) is 13.2 Å². The first-order chi connectivity index (χ1) is 25.4. The van der Waals surface area contributed by atoms with Crippen molar-refractivity contribution in [3.05, 3.63) is 116 Å². The van der Waals surface area contributed by atoms with E-state index in [0.717, 1.165) is 77.6 Å². The molecule has 10 nitrogen and oxygen atoms in total. The van der Waals surface area contributed by atoms with E-state index in [9.17, 15) is 32.7 Å². The summed E-state index contributed by atoms with van der Waals surface area (Å²) >= 11 is 3.44. The third-order valence-electron chi connectivity index (χ3n) is 8.90. The number of carbonyl (C=O) groups is 3. The quantitative estimate of drug-likeness (QED) is 0.126. The van der Waals surface area contributed by atoms with Crippen LogP contribution in [0.15, 0.2) is 77.3 Å². The number of hydrogen-bond acceptors (Lipinski definition) is 7. The smallest absolute Gasteiger partial charge is 0.419 e. The maximum Gasteiger partial charge on any atom is 0.419 e. The molecule has 6 rings (SSSR count). The molecule has 2 aliphatic rings. The van der Waals surface area contributed by atoms with E-state index in [-0.39, 0.29) is 29.9 Å². The average molecular weight is 798 g/mol. The van der Waals surface area contributed by atoms with Gasteiger partial charge in [0.25, 0.3) is 11.8 Å². The van der Waals surface area contributed by atoms with Crippen molar-refractivity contribution in [3.63, 3.8) is 0 Å². The van der Waals surface area contributed by atoms with E-state index in [4.69, 9.17) is 9.47 Å². The number of benzene rings is 4. The summed E-state index contributed by atoms with van der Waals surface area (Å²) < 4.78 is 50.3. The maximum absolute atomic E-state index is 13.1. The van der Waals surface area contributed by atoms with E-state index in [1.165, 1.54) is 11.6 Å². The van der Waals surface area contributed by atoms with Crippen LogP contribution in [-0.2, 0) is 30.4 Å². The van der Waals surface area contributed by atoms with Crippen molar-refractivity contribution in [2.45, 2.75) is 44.9 Å². The van der Waals surface area contributed by atoms with E-state index in [0.29, 0.717) is 37.4 Å². The number of amides is 3. The molecule has 14 heteroatoms. The molecule has 0 aromatic heterocycles. The number of hydrogen-bond donors (Lipinski definition) is 4. The second kappa shape index (κ2) is 17.7. The zero-order valence-electron chi connectivity index (χ0n) is 29.2. The molecular weight excluding hydrogens is 757 g/mol. The Balaban J connectivity index is 0.000000204. The van der Waals surface area contributed by atoms with E-state index in [1.54, 1.807) is 35.2 Å². The molecule has 1 atom stereocenters. The minimum atomic E-state index is -4.63. The van der Waals surface area contributed by atoms with Crippen LogP contribution in [-0.4, -0.2) is 61.6 Å². The predicted molar refractivity (Wildman–Crippen MR) is 198 cm³/mol. The highest BCUT2D eigenvalue weighted by atomic mass is 79.9. The lowest BCUT2D eigenvalue weighted by Gasteiger charge is -2.27. The SMILES string of the molecule is CCOc1ccc(C(=O)Nc2ccc3c(c2)C(CCO)NCC3)cc1Br.COc1ccc(C(=O)Nc2ccc3c(c2)CN(C=O)CC3)cc1C(F)(F)F. The highest BCUT2D eigenvalue weighted by molar-refractivity contribution is 9.10. The van der Waals surface area contributed by atoms with Crippen molar-refractivity contribution < 1.29 is 42.1 Å². The number of aliphatic hydroxyl groups excluding tert-OH is 1. The van der Waals surface area contributed by atoms with Crippen LogP contribution in [0.1, 0.15) is 67.9 Å². The molecule has 0 saturated heterocycles. The normalized spacial score (nSPS) is 14.8. The number of aliphatic hydroxyl groups is 1. The highest BCUT2D eigenvalue weighted by Crippen LogP contribution is 2.37. The number of rotatable bonds is 10. The van der Waals surface area contributed by atoms with Gasteiger partial charge < -0.3 is 35.4 Å². The lowest BCUT2D eigenvalue weighted by Crippen LogP contribution is -2.30. The molecule has 0 saturated carbocycles. The van der Waals surface area contributed by atoms with Gasteiger partial charge in [0.1, 0.15) is 11.5 Å². The van der Waals surface area contributed by atoms with Crippen molar-refractivity contribution >= 4 is 45.5 Å². The van der Waals surface area contributed by atoms with Crippen molar-refractivity contribution in [2.75, 3.05) is 44.0 Å². The Morgan fingerprint density at radius 1 is 0.925 bits per heavy atom. The van der Waals surface area contributed by atoms with Gasteiger partial charge in [-0.25, -0.2) is 0 Å². The molecule has 2 aliphatic heterocycles. The Morgan fingerprint density at radius 3 is 2.21 bits per heavy atom. The van der Waals surface area contributed by atoms with E-state index >= 15 is 0 Å². The molecule has 4 aromatic carbocycles. The summed E-state index contributed by atoms with van der Waals surface area (Å²) in [5, 5.41) is 18.3. The van der Waals surface area contributed by atoms with Gasteiger partial charge in [-0.15, -0.1) is 0 Å². The van der Waals surface area contributed by atoms with Crippen LogP contribution in [0.3, 0.4) is 0 Å². The topological polar surface area (TPSA) is 129 Å². The van der Waals surface area contributed by atoms with Gasteiger partial charge in [-0.05, 0) is 132 Å². The number of nitrogens with zero attached hydrogens (tertiary/aromatic N) is 1. The molecule has 2 heterocycles. The summed E-state index contributed by atoms with van der Waals surface area (Å²) in [6, 6.07) is 19.9. The molecule has 3 amide bonds. The fourth-order valence-corrected chi connectivity index (χ4v) is 6.73. The fraction of sp³-hybridized carbons (Fsp3) is 0.308. The number of alkyl halides is 3. The van der Waals surface area contributed by atoms with Gasteiger partial charge in [0.2, 0.25) is 6.41 Å². The second-order valence-corrected chi connectivity index (χ2v) is 13.2. The Hall–Kier alpha value is -4.92. The van der Waals surface area contributed by atoms with Gasteiger partial charge in [0.05, 0.1) is 23.8 Å². The third kappa shape index (κ3) is 9.95. The number of fused-ring (bicyclic) bond motifs is 2. The van der Waals surface area contributed by atoms with Crippen molar-refractivity contribution in [3.8, 4) is 11.5 Å². The molecule has 4 N–H and O–H groups in total. The molecule has 0 aliphatic carbocycles. The summed E-state index contributed by atoms with van der Waals surface area (Å²) in [7, 11) is 1.14. The summed E-state index contributed by atoms with van der Waals surface area (Å²) in [5.74, 6) is -0.458. The van der Waals surface area contributed by atoms with Crippen LogP contribution in [0, 0.1) is 0 Å². The first-order valence-corrected chi connectivity index (χ1v) is 17.8. The minimum absolute atomic E-state index is 0.125. The molecule has 0 spiro atoms. The summed E-state index contributed by atoms with van der Waals surface area (Å²) in [5.41, 5.74) is 5.02. The summed E-state index contributed by atoms with van der Waals surface area (Å²) in [6.45, 7) is 4.60.